The van der Waals surface area contributed by atoms with Crippen molar-refractivity contribution >= 4 is 50.5 Å². The van der Waals surface area contributed by atoms with Gasteiger partial charge in [0.05, 0.1) is 24.0 Å². The number of ether oxygens (including phenoxy) is 1. The number of hydrogen-bond acceptors (Lipinski definition) is 8. The molecular weight excluding hydrogens is 473 g/mol. The first-order chi connectivity index (χ1) is 15.3. The molecule has 0 atom stereocenters. The fourth-order valence-corrected chi connectivity index (χ4v) is 5.51. The molecular formula is C21H21Cl2N5O3S. The minimum Gasteiger partial charge on any atom is -0.495 e. The first-order valence-electron chi connectivity index (χ1n) is 9.77. The van der Waals surface area contributed by atoms with Crippen molar-refractivity contribution < 1.29 is 13.2 Å². The van der Waals surface area contributed by atoms with E-state index in [1.165, 1.54) is 25.4 Å². The summed E-state index contributed by atoms with van der Waals surface area (Å²) < 4.78 is 31.5. The van der Waals surface area contributed by atoms with Crippen molar-refractivity contribution in [2.24, 2.45) is 0 Å². The lowest BCUT2D eigenvalue weighted by atomic mass is 10.2. The number of aromatic nitrogens is 2. The highest BCUT2D eigenvalue weighted by Gasteiger charge is 2.28. The van der Waals surface area contributed by atoms with Gasteiger partial charge in [-0.15, -0.1) is 0 Å². The van der Waals surface area contributed by atoms with Gasteiger partial charge in [-0.05, 0) is 30.3 Å². The summed E-state index contributed by atoms with van der Waals surface area (Å²) in [4.78, 5) is 12.4. The Labute approximate surface area is 196 Å². The third-order valence-electron chi connectivity index (χ3n) is 5.23. The van der Waals surface area contributed by atoms with Crippen molar-refractivity contribution in [2.45, 2.75) is 9.79 Å². The Balaban J connectivity index is 1.56. The Morgan fingerprint density at radius 2 is 1.69 bits per heavy atom. The van der Waals surface area contributed by atoms with Crippen LogP contribution < -0.4 is 20.3 Å². The number of sulfone groups is 1. The van der Waals surface area contributed by atoms with Crippen LogP contribution in [0.3, 0.4) is 0 Å². The lowest BCUT2D eigenvalue weighted by Gasteiger charge is -2.36. The Hall–Kier alpha value is -2.75. The SMILES string of the molecule is COc1ccc(Cl)cc1S(=O)(=O)c1cnc(N2CCN(c3ccccc3Cl)CC2)nc1N. The summed E-state index contributed by atoms with van der Waals surface area (Å²) in [6, 6.07) is 12.0. The number of nitrogens with two attached hydrogens (primary N) is 1. The molecule has 1 aromatic heterocycles. The zero-order valence-electron chi connectivity index (χ0n) is 17.2. The number of halogens is 2. The quantitative estimate of drug-likeness (QED) is 0.575. The maximum Gasteiger partial charge on any atom is 0.227 e. The molecule has 3 aromatic rings. The summed E-state index contributed by atoms with van der Waals surface area (Å²) in [6.45, 7) is 2.71. The summed E-state index contributed by atoms with van der Waals surface area (Å²) in [7, 11) is -2.65. The van der Waals surface area contributed by atoms with Gasteiger partial charge in [0.1, 0.15) is 21.4 Å². The van der Waals surface area contributed by atoms with Crippen LogP contribution in [0, 0.1) is 0 Å². The van der Waals surface area contributed by atoms with Crippen LogP contribution in [-0.4, -0.2) is 51.7 Å². The largest absolute Gasteiger partial charge is 0.495 e. The van der Waals surface area contributed by atoms with Gasteiger partial charge in [0.2, 0.25) is 15.8 Å². The standard InChI is InChI=1S/C21H21Cl2N5O3S/c1-31-17-7-6-14(22)12-18(17)32(29,30)19-13-25-21(26-20(19)24)28-10-8-27(9-11-28)16-5-3-2-4-15(16)23/h2-7,12-13H,8-11H2,1H3,(H2,24,25,26). The fraction of sp³-hybridized carbons (Fsp3) is 0.238. The van der Waals surface area contributed by atoms with Gasteiger partial charge in [-0.1, -0.05) is 35.3 Å². The van der Waals surface area contributed by atoms with Gasteiger partial charge in [0, 0.05) is 31.2 Å². The lowest BCUT2D eigenvalue weighted by Crippen LogP contribution is -2.47. The number of hydrogen-bond donors (Lipinski definition) is 1. The van der Waals surface area contributed by atoms with E-state index in [4.69, 9.17) is 33.7 Å². The van der Waals surface area contributed by atoms with E-state index in [0.29, 0.717) is 37.1 Å². The molecule has 2 aromatic carbocycles. The van der Waals surface area contributed by atoms with Crippen LogP contribution in [-0.2, 0) is 9.84 Å². The predicted molar refractivity (Wildman–Crippen MR) is 126 cm³/mol. The number of anilines is 3. The molecule has 0 spiro atoms. The predicted octanol–water partition coefficient (Wildman–Crippen LogP) is 3.53. The number of nitrogen functional groups attached to an aromatic ring is 1. The molecule has 2 heterocycles. The van der Waals surface area contributed by atoms with Gasteiger partial charge in [-0.2, -0.15) is 4.98 Å². The fourth-order valence-electron chi connectivity index (χ4n) is 3.57. The van der Waals surface area contributed by atoms with Crippen molar-refractivity contribution in [2.75, 3.05) is 48.8 Å². The molecule has 1 fully saturated rings. The van der Waals surface area contributed by atoms with Crippen LogP contribution in [0.2, 0.25) is 10.0 Å². The molecule has 1 saturated heterocycles. The monoisotopic (exact) mass is 493 g/mol. The van der Waals surface area contributed by atoms with E-state index in [9.17, 15) is 8.42 Å². The van der Waals surface area contributed by atoms with E-state index in [-0.39, 0.29) is 26.4 Å². The molecule has 168 valence electrons. The Bertz CT molecular complexity index is 1250. The topological polar surface area (TPSA) is 102 Å². The summed E-state index contributed by atoms with van der Waals surface area (Å²) in [5.41, 5.74) is 7.04. The number of benzene rings is 2. The summed E-state index contributed by atoms with van der Waals surface area (Å²) >= 11 is 12.3. The lowest BCUT2D eigenvalue weighted by molar-refractivity contribution is 0.402. The molecule has 2 N–H and O–H groups in total. The van der Waals surface area contributed by atoms with Crippen LogP contribution in [0.25, 0.3) is 0 Å². The van der Waals surface area contributed by atoms with E-state index in [1.54, 1.807) is 6.07 Å². The van der Waals surface area contributed by atoms with Crippen molar-refractivity contribution in [3.8, 4) is 5.75 Å². The molecule has 4 rings (SSSR count). The molecule has 0 bridgehead atoms. The van der Waals surface area contributed by atoms with Crippen LogP contribution >= 0.6 is 23.2 Å². The maximum absolute atomic E-state index is 13.2. The first-order valence-corrected chi connectivity index (χ1v) is 12.0. The molecule has 32 heavy (non-hydrogen) atoms. The van der Waals surface area contributed by atoms with Crippen LogP contribution in [0.5, 0.6) is 5.75 Å². The normalized spacial score (nSPS) is 14.5. The minimum absolute atomic E-state index is 0.0936. The number of nitrogens with zero attached hydrogens (tertiary/aromatic N) is 4. The third kappa shape index (κ3) is 4.28. The van der Waals surface area contributed by atoms with Gasteiger partial charge in [-0.3, -0.25) is 0 Å². The highest BCUT2D eigenvalue weighted by molar-refractivity contribution is 7.91. The average Bonchev–Trinajstić information content (AvgIpc) is 2.79. The molecule has 0 saturated carbocycles. The van der Waals surface area contributed by atoms with Gasteiger partial charge >= 0.3 is 0 Å². The second-order valence-electron chi connectivity index (χ2n) is 7.14. The second-order valence-corrected chi connectivity index (χ2v) is 9.87. The van der Waals surface area contributed by atoms with E-state index >= 15 is 0 Å². The molecule has 0 amide bonds. The summed E-state index contributed by atoms with van der Waals surface area (Å²) in [6.07, 6.45) is 1.23. The zero-order chi connectivity index (χ0) is 22.9. The van der Waals surface area contributed by atoms with Gasteiger partial charge in [0.15, 0.2) is 0 Å². The van der Waals surface area contributed by atoms with Gasteiger partial charge < -0.3 is 20.3 Å². The van der Waals surface area contributed by atoms with Crippen molar-refractivity contribution in [1.29, 1.82) is 0 Å². The highest BCUT2D eigenvalue weighted by atomic mass is 35.5. The molecule has 0 unspecified atom stereocenters. The molecule has 1 aliphatic rings. The van der Waals surface area contributed by atoms with Crippen molar-refractivity contribution in [3.63, 3.8) is 0 Å². The zero-order valence-corrected chi connectivity index (χ0v) is 19.5. The molecule has 1 aliphatic heterocycles. The van der Waals surface area contributed by atoms with E-state index in [0.717, 1.165) is 5.69 Å². The molecule has 0 aliphatic carbocycles. The summed E-state index contributed by atoms with van der Waals surface area (Å²) in [5.74, 6) is 0.400. The third-order valence-corrected chi connectivity index (χ3v) is 7.58. The smallest absolute Gasteiger partial charge is 0.227 e. The summed E-state index contributed by atoms with van der Waals surface area (Å²) in [5, 5.41) is 0.962. The highest BCUT2D eigenvalue weighted by Crippen LogP contribution is 2.34. The second kappa shape index (κ2) is 9.01. The molecule has 11 heteroatoms. The Morgan fingerprint density at radius 1 is 1.00 bits per heavy atom. The molecule has 0 radical (unpaired) electrons. The average molecular weight is 494 g/mol. The first kappa shape index (κ1) is 22.4. The van der Waals surface area contributed by atoms with Crippen LogP contribution in [0.1, 0.15) is 0 Å². The van der Waals surface area contributed by atoms with Crippen molar-refractivity contribution in [3.05, 3.63) is 58.7 Å². The minimum atomic E-state index is -4.03. The number of methoxy groups -OCH3 is 1. The van der Waals surface area contributed by atoms with Crippen LogP contribution in [0.15, 0.2) is 58.5 Å². The Kier molecular flexibility index (Phi) is 6.32. The Morgan fingerprint density at radius 3 is 2.34 bits per heavy atom. The van der Waals surface area contributed by atoms with E-state index in [1.807, 2.05) is 29.2 Å². The number of piperazine rings is 1. The number of rotatable bonds is 5. The van der Waals surface area contributed by atoms with E-state index < -0.39 is 9.84 Å². The maximum atomic E-state index is 13.2. The van der Waals surface area contributed by atoms with Crippen LogP contribution in [0.4, 0.5) is 17.5 Å². The van der Waals surface area contributed by atoms with E-state index in [2.05, 4.69) is 14.9 Å². The number of para-hydroxylation sites is 1. The van der Waals surface area contributed by atoms with Gasteiger partial charge in [0.25, 0.3) is 0 Å². The van der Waals surface area contributed by atoms with Gasteiger partial charge in [-0.25, -0.2) is 13.4 Å². The molecule has 8 nitrogen and oxygen atoms in total. The van der Waals surface area contributed by atoms with Crippen molar-refractivity contribution in [1.82, 2.24) is 9.97 Å².